The van der Waals surface area contributed by atoms with Gasteiger partial charge >= 0.3 is 0 Å². The van der Waals surface area contributed by atoms with Crippen molar-refractivity contribution in [3.63, 3.8) is 0 Å². The fraction of sp³-hybridized carbons (Fsp3) is 0.316. The largest absolute Gasteiger partial charge is 0.480 e. The molecule has 0 radical (unpaired) electrons. The zero-order valence-electron chi connectivity index (χ0n) is 15.9. The minimum absolute atomic E-state index is 0. The van der Waals surface area contributed by atoms with Crippen molar-refractivity contribution in [1.29, 1.82) is 0 Å². The van der Waals surface area contributed by atoms with Gasteiger partial charge in [0.1, 0.15) is 11.4 Å². The van der Waals surface area contributed by atoms with E-state index in [0.29, 0.717) is 28.0 Å². The van der Waals surface area contributed by atoms with Crippen LogP contribution in [-0.2, 0) is 11.3 Å². The van der Waals surface area contributed by atoms with Gasteiger partial charge in [-0.05, 0) is 18.1 Å². The Balaban J connectivity index is 0.00000280. The van der Waals surface area contributed by atoms with Crippen molar-refractivity contribution in [2.75, 3.05) is 20.8 Å². The first-order valence-corrected chi connectivity index (χ1v) is 9.28. The highest BCUT2D eigenvalue weighted by molar-refractivity contribution is 7.20. The molecule has 150 valence electrons. The summed E-state index contributed by atoms with van der Waals surface area (Å²) in [5.41, 5.74) is 7.93. The van der Waals surface area contributed by atoms with E-state index in [0.717, 1.165) is 16.5 Å². The van der Waals surface area contributed by atoms with E-state index in [-0.39, 0.29) is 31.0 Å². The SMILES string of the molecule is COCc1nc(OC)c2c(C)c(C(=O)NCC(N)c3ccccc3)sc2n1.Cl. The fourth-order valence-corrected chi connectivity index (χ4v) is 3.91. The Morgan fingerprint density at radius 1 is 1.25 bits per heavy atom. The molecule has 0 bridgehead atoms. The lowest BCUT2D eigenvalue weighted by atomic mass is 10.1. The third-order valence-corrected chi connectivity index (χ3v) is 5.37. The second-order valence-corrected chi connectivity index (χ2v) is 7.04. The highest BCUT2D eigenvalue weighted by atomic mass is 35.5. The summed E-state index contributed by atoms with van der Waals surface area (Å²) in [7, 11) is 3.13. The first-order chi connectivity index (χ1) is 13.0. The van der Waals surface area contributed by atoms with Gasteiger partial charge in [0.2, 0.25) is 5.88 Å². The molecule has 2 aromatic heterocycles. The van der Waals surface area contributed by atoms with Crippen LogP contribution < -0.4 is 15.8 Å². The van der Waals surface area contributed by atoms with E-state index in [9.17, 15) is 4.79 Å². The zero-order chi connectivity index (χ0) is 19.4. The number of hydrogen-bond acceptors (Lipinski definition) is 7. The fourth-order valence-electron chi connectivity index (χ4n) is 2.80. The van der Waals surface area contributed by atoms with Gasteiger partial charge < -0.3 is 20.5 Å². The number of rotatable bonds is 7. The van der Waals surface area contributed by atoms with Crippen molar-refractivity contribution in [2.45, 2.75) is 19.6 Å². The molecule has 0 spiro atoms. The smallest absolute Gasteiger partial charge is 0.261 e. The number of fused-ring (bicyclic) bond motifs is 1. The van der Waals surface area contributed by atoms with Crippen LogP contribution in [0.5, 0.6) is 5.88 Å². The van der Waals surface area contributed by atoms with Crippen LogP contribution in [0.2, 0.25) is 0 Å². The van der Waals surface area contributed by atoms with Gasteiger partial charge in [-0.2, -0.15) is 4.98 Å². The van der Waals surface area contributed by atoms with E-state index in [1.165, 1.54) is 11.3 Å². The molecule has 0 saturated carbocycles. The predicted molar refractivity (Wildman–Crippen MR) is 112 cm³/mol. The summed E-state index contributed by atoms with van der Waals surface area (Å²) in [6.45, 7) is 2.48. The maximum Gasteiger partial charge on any atom is 0.261 e. The van der Waals surface area contributed by atoms with E-state index in [1.54, 1.807) is 14.2 Å². The Morgan fingerprint density at radius 3 is 2.61 bits per heavy atom. The molecule has 1 atom stereocenters. The standard InChI is InChI=1S/C19H22N4O3S.ClH/c1-11-15-18(26-3)22-14(10-25-2)23-19(15)27-16(11)17(24)21-9-13(20)12-7-5-4-6-8-12;/h4-8,13H,9-10,20H2,1-3H3,(H,21,24);1H. The molecular weight excluding hydrogens is 400 g/mol. The van der Waals surface area contributed by atoms with Gasteiger partial charge in [0.15, 0.2) is 5.82 Å². The molecule has 0 aliphatic heterocycles. The number of aryl methyl sites for hydroxylation is 1. The molecule has 3 N–H and O–H groups in total. The van der Waals surface area contributed by atoms with Crippen LogP contribution >= 0.6 is 23.7 Å². The molecule has 0 saturated heterocycles. The van der Waals surface area contributed by atoms with E-state index in [1.807, 2.05) is 37.3 Å². The number of halogens is 1. The highest BCUT2D eigenvalue weighted by Crippen LogP contribution is 2.35. The van der Waals surface area contributed by atoms with Crippen molar-refractivity contribution in [2.24, 2.45) is 5.73 Å². The number of amides is 1. The zero-order valence-corrected chi connectivity index (χ0v) is 17.5. The van der Waals surface area contributed by atoms with Crippen LogP contribution in [0.25, 0.3) is 10.2 Å². The number of nitrogens with zero attached hydrogens (tertiary/aromatic N) is 2. The summed E-state index contributed by atoms with van der Waals surface area (Å²) in [5, 5.41) is 3.66. The number of methoxy groups -OCH3 is 2. The Bertz CT molecular complexity index is 949. The van der Waals surface area contributed by atoms with Crippen LogP contribution in [0.15, 0.2) is 30.3 Å². The number of nitrogens with two attached hydrogens (primary N) is 1. The second-order valence-electron chi connectivity index (χ2n) is 6.05. The maximum absolute atomic E-state index is 12.7. The molecule has 0 aliphatic rings. The Morgan fingerprint density at radius 2 is 1.96 bits per heavy atom. The van der Waals surface area contributed by atoms with Crippen LogP contribution in [0.3, 0.4) is 0 Å². The number of carbonyl (C=O) groups is 1. The topological polar surface area (TPSA) is 99.4 Å². The minimum atomic E-state index is -0.271. The van der Waals surface area contributed by atoms with Crippen molar-refractivity contribution in [3.8, 4) is 5.88 Å². The van der Waals surface area contributed by atoms with Gasteiger partial charge in [-0.15, -0.1) is 23.7 Å². The Kier molecular flexibility index (Phi) is 7.70. The van der Waals surface area contributed by atoms with Gasteiger partial charge in [-0.3, -0.25) is 4.79 Å². The molecule has 1 aromatic carbocycles. The molecular formula is C19H23ClN4O3S. The summed E-state index contributed by atoms with van der Waals surface area (Å²) in [4.78, 5) is 22.8. The lowest BCUT2D eigenvalue weighted by Gasteiger charge is -2.12. The number of nitrogens with one attached hydrogen (secondary N) is 1. The van der Waals surface area contributed by atoms with Crippen molar-refractivity contribution < 1.29 is 14.3 Å². The number of aromatic nitrogens is 2. The number of hydrogen-bond donors (Lipinski definition) is 2. The lowest BCUT2D eigenvalue weighted by Crippen LogP contribution is -2.31. The predicted octanol–water partition coefficient (Wildman–Crippen LogP) is 3.01. The monoisotopic (exact) mass is 422 g/mol. The molecule has 0 aliphatic carbocycles. The third-order valence-electron chi connectivity index (χ3n) is 4.19. The van der Waals surface area contributed by atoms with Crippen LogP contribution in [-0.4, -0.2) is 36.6 Å². The van der Waals surface area contributed by atoms with Crippen molar-refractivity contribution in [1.82, 2.24) is 15.3 Å². The maximum atomic E-state index is 12.7. The van der Waals surface area contributed by atoms with Crippen molar-refractivity contribution in [3.05, 3.63) is 52.2 Å². The molecule has 1 unspecified atom stereocenters. The molecule has 7 nitrogen and oxygen atoms in total. The summed E-state index contributed by atoms with van der Waals surface area (Å²) < 4.78 is 10.5. The third kappa shape index (κ3) is 4.59. The average Bonchev–Trinajstić information content (AvgIpc) is 3.03. The minimum Gasteiger partial charge on any atom is -0.480 e. The Hall–Kier alpha value is -2.26. The molecule has 1 amide bonds. The van der Waals surface area contributed by atoms with E-state index < -0.39 is 0 Å². The van der Waals surface area contributed by atoms with Gasteiger partial charge in [-0.25, -0.2) is 4.98 Å². The molecule has 3 rings (SSSR count). The van der Waals surface area contributed by atoms with Gasteiger partial charge in [0.25, 0.3) is 5.91 Å². The first-order valence-electron chi connectivity index (χ1n) is 8.46. The summed E-state index contributed by atoms with van der Waals surface area (Å²) in [6, 6.07) is 9.40. The number of ether oxygens (including phenoxy) is 2. The summed E-state index contributed by atoms with van der Waals surface area (Å²) in [6.07, 6.45) is 0. The molecule has 9 heteroatoms. The quantitative estimate of drug-likeness (QED) is 0.607. The van der Waals surface area contributed by atoms with E-state index in [4.69, 9.17) is 15.2 Å². The van der Waals surface area contributed by atoms with Gasteiger partial charge in [0, 0.05) is 19.7 Å². The summed E-state index contributed by atoms with van der Waals surface area (Å²) >= 11 is 1.31. The number of carbonyl (C=O) groups excluding carboxylic acids is 1. The van der Waals surface area contributed by atoms with E-state index >= 15 is 0 Å². The molecule has 28 heavy (non-hydrogen) atoms. The van der Waals surface area contributed by atoms with Gasteiger partial charge in [0.05, 0.1) is 17.4 Å². The van der Waals surface area contributed by atoms with Crippen molar-refractivity contribution >= 4 is 39.9 Å². The summed E-state index contributed by atoms with van der Waals surface area (Å²) in [5.74, 6) is 0.777. The lowest BCUT2D eigenvalue weighted by molar-refractivity contribution is 0.0955. The molecule has 3 aromatic rings. The molecule has 0 fully saturated rings. The average molecular weight is 423 g/mol. The molecule has 2 heterocycles. The Labute approximate surface area is 173 Å². The van der Waals surface area contributed by atoms with Crippen LogP contribution in [0.1, 0.15) is 32.7 Å². The number of benzene rings is 1. The normalized spacial score (nSPS) is 11.7. The number of thiophene rings is 1. The second kappa shape index (κ2) is 9.79. The first kappa shape index (κ1) is 22.0. The van der Waals surface area contributed by atoms with Crippen LogP contribution in [0.4, 0.5) is 0 Å². The highest BCUT2D eigenvalue weighted by Gasteiger charge is 2.21. The van der Waals surface area contributed by atoms with E-state index in [2.05, 4.69) is 15.3 Å². The van der Waals surface area contributed by atoms with Gasteiger partial charge in [-0.1, -0.05) is 30.3 Å². The van der Waals surface area contributed by atoms with Crippen LogP contribution in [0, 0.1) is 6.92 Å².